The van der Waals surface area contributed by atoms with Crippen LogP contribution >= 0.6 is 0 Å². The molecule has 1 amide bonds. The third-order valence-corrected chi connectivity index (χ3v) is 5.13. The van der Waals surface area contributed by atoms with Crippen LogP contribution in [0.3, 0.4) is 0 Å². The number of carboxylic acid groups (broad SMARTS) is 1. The number of carbonyl (C=O) groups excluding carboxylic acids is 2. The second-order valence-corrected chi connectivity index (χ2v) is 7.86. The van der Waals surface area contributed by atoms with E-state index in [4.69, 9.17) is 4.74 Å². The number of carboxylic acids is 1. The second kappa shape index (κ2) is 8.11. The molecule has 2 rings (SSSR count). The van der Waals surface area contributed by atoms with Crippen molar-refractivity contribution in [3.05, 3.63) is 35.4 Å². The van der Waals surface area contributed by atoms with E-state index in [2.05, 4.69) is 0 Å². The molecule has 3 atom stereocenters. The van der Waals surface area contributed by atoms with Crippen LogP contribution in [0.5, 0.6) is 0 Å². The fourth-order valence-electron chi connectivity index (χ4n) is 3.80. The van der Waals surface area contributed by atoms with Gasteiger partial charge in [0.1, 0.15) is 5.54 Å². The molecule has 1 heterocycles. The van der Waals surface area contributed by atoms with E-state index < -0.39 is 29.4 Å². The normalized spacial score (nSPS) is 24.9. The second-order valence-electron chi connectivity index (χ2n) is 7.86. The molecule has 1 saturated heterocycles. The van der Waals surface area contributed by atoms with E-state index >= 15 is 0 Å². The van der Waals surface area contributed by atoms with Gasteiger partial charge in [0, 0.05) is 6.42 Å². The smallest absolute Gasteiger partial charge is 0.329 e. The van der Waals surface area contributed by atoms with Crippen molar-refractivity contribution in [2.45, 2.75) is 59.0 Å². The summed E-state index contributed by atoms with van der Waals surface area (Å²) in [5, 5.41) is 9.92. The molecule has 3 unspecified atom stereocenters. The zero-order chi connectivity index (χ0) is 20.4. The van der Waals surface area contributed by atoms with Crippen LogP contribution in [0.25, 0.3) is 0 Å². The highest BCUT2D eigenvalue weighted by atomic mass is 16.5. The van der Waals surface area contributed by atoms with Crippen molar-refractivity contribution in [1.29, 1.82) is 0 Å². The first-order valence-corrected chi connectivity index (χ1v) is 9.40. The van der Waals surface area contributed by atoms with Crippen molar-refractivity contribution < 1.29 is 24.2 Å². The number of rotatable bonds is 6. The van der Waals surface area contributed by atoms with Crippen LogP contribution in [0.2, 0.25) is 0 Å². The maximum atomic E-state index is 13.1. The van der Waals surface area contributed by atoms with E-state index in [-0.39, 0.29) is 31.3 Å². The van der Waals surface area contributed by atoms with Crippen LogP contribution in [0, 0.1) is 18.8 Å². The van der Waals surface area contributed by atoms with Gasteiger partial charge in [-0.25, -0.2) is 4.79 Å². The zero-order valence-electron chi connectivity index (χ0n) is 16.7. The fourth-order valence-corrected chi connectivity index (χ4v) is 3.80. The van der Waals surface area contributed by atoms with Gasteiger partial charge >= 0.3 is 11.9 Å². The van der Waals surface area contributed by atoms with Crippen LogP contribution in [0.4, 0.5) is 0 Å². The third kappa shape index (κ3) is 4.15. The summed E-state index contributed by atoms with van der Waals surface area (Å²) in [5.74, 6) is -2.47. The van der Waals surface area contributed by atoms with Crippen LogP contribution in [-0.2, 0) is 19.1 Å². The maximum Gasteiger partial charge on any atom is 0.329 e. The Bertz CT molecular complexity index is 712. The van der Waals surface area contributed by atoms with Crippen molar-refractivity contribution in [1.82, 2.24) is 4.90 Å². The maximum absolute atomic E-state index is 13.1. The molecule has 0 saturated carbocycles. The summed E-state index contributed by atoms with van der Waals surface area (Å²) >= 11 is 0. The quantitative estimate of drug-likeness (QED) is 0.771. The van der Waals surface area contributed by atoms with E-state index in [1.807, 2.05) is 45.0 Å². The Morgan fingerprint density at radius 2 is 1.85 bits per heavy atom. The molecule has 0 aromatic heterocycles. The van der Waals surface area contributed by atoms with E-state index in [9.17, 15) is 19.5 Å². The molecule has 6 heteroatoms. The number of benzene rings is 1. The molecule has 6 nitrogen and oxygen atoms in total. The molecule has 1 N–H and O–H groups in total. The Balaban J connectivity index is 2.58. The Labute approximate surface area is 160 Å². The molecular formula is C21H29NO5. The van der Waals surface area contributed by atoms with Crippen LogP contribution in [0.15, 0.2) is 24.3 Å². The van der Waals surface area contributed by atoms with Gasteiger partial charge in [-0.15, -0.1) is 0 Å². The molecule has 1 aliphatic rings. The van der Waals surface area contributed by atoms with Gasteiger partial charge in [0.2, 0.25) is 5.91 Å². The van der Waals surface area contributed by atoms with Crippen molar-refractivity contribution in [2.75, 3.05) is 6.61 Å². The summed E-state index contributed by atoms with van der Waals surface area (Å²) in [6.07, 6.45) is 0.254. The Morgan fingerprint density at radius 1 is 1.26 bits per heavy atom. The monoisotopic (exact) mass is 375 g/mol. The molecule has 0 aliphatic carbocycles. The number of aliphatic carboxylic acids is 1. The predicted molar refractivity (Wildman–Crippen MR) is 101 cm³/mol. The Kier molecular flexibility index (Phi) is 6.29. The lowest BCUT2D eigenvalue weighted by atomic mass is 9.90. The molecule has 1 fully saturated rings. The van der Waals surface area contributed by atoms with Gasteiger partial charge in [0.15, 0.2) is 0 Å². The predicted octanol–water partition coefficient (Wildman–Crippen LogP) is 3.34. The molecule has 0 radical (unpaired) electrons. The summed E-state index contributed by atoms with van der Waals surface area (Å²) in [4.78, 5) is 39.2. The number of aryl methyl sites for hydroxylation is 1. The standard InChI is InChI=1S/C21H29NO5/c1-6-27-19(24)16-12-21(5,20(25)26)22(17(23)11-13(2)3)18(16)15-9-7-14(4)8-10-15/h7-10,13,16,18H,6,11-12H2,1-5H3,(H,25,26). The molecular weight excluding hydrogens is 346 g/mol. The highest BCUT2D eigenvalue weighted by Gasteiger charge is 2.58. The van der Waals surface area contributed by atoms with E-state index in [1.54, 1.807) is 6.92 Å². The van der Waals surface area contributed by atoms with Crippen LogP contribution in [0.1, 0.15) is 57.7 Å². The molecule has 0 bridgehead atoms. The van der Waals surface area contributed by atoms with Crippen molar-refractivity contribution in [2.24, 2.45) is 11.8 Å². The summed E-state index contributed by atoms with van der Waals surface area (Å²) in [6.45, 7) is 9.22. The first kappa shape index (κ1) is 20.9. The van der Waals surface area contributed by atoms with Gasteiger partial charge in [-0.1, -0.05) is 43.7 Å². The third-order valence-electron chi connectivity index (χ3n) is 5.13. The van der Waals surface area contributed by atoms with Gasteiger partial charge < -0.3 is 14.7 Å². The minimum absolute atomic E-state index is 0.0313. The molecule has 1 aromatic carbocycles. The summed E-state index contributed by atoms with van der Waals surface area (Å²) in [6, 6.07) is 6.86. The number of hydrogen-bond donors (Lipinski definition) is 1. The van der Waals surface area contributed by atoms with Crippen molar-refractivity contribution in [3.63, 3.8) is 0 Å². The Morgan fingerprint density at radius 3 is 2.33 bits per heavy atom. The molecule has 0 spiro atoms. The van der Waals surface area contributed by atoms with Crippen molar-refractivity contribution >= 4 is 17.8 Å². The zero-order valence-corrected chi connectivity index (χ0v) is 16.7. The average Bonchev–Trinajstić information content (AvgIpc) is 2.90. The average molecular weight is 375 g/mol. The Hall–Kier alpha value is -2.37. The van der Waals surface area contributed by atoms with Crippen LogP contribution in [-0.4, -0.2) is 40.0 Å². The highest BCUT2D eigenvalue weighted by Crippen LogP contribution is 2.48. The number of likely N-dealkylation sites (tertiary alicyclic amines) is 1. The van der Waals surface area contributed by atoms with Gasteiger partial charge in [-0.05, 0) is 38.7 Å². The molecule has 27 heavy (non-hydrogen) atoms. The number of nitrogens with zero attached hydrogens (tertiary/aromatic N) is 1. The topological polar surface area (TPSA) is 83.9 Å². The minimum atomic E-state index is -1.46. The van der Waals surface area contributed by atoms with Gasteiger partial charge in [0.05, 0.1) is 18.6 Å². The van der Waals surface area contributed by atoms with Gasteiger partial charge in [-0.3, -0.25) is 9.59 Å². The van der Waals surface area contributed by atoms with Crippen molar-refractivity contribution in [3.8, 4) is 0 Å². The fraction of sp³-hybridized carbons (Fsp3) is 0.571. The molecule has 1 aliphatic heterocycles. The number of amides is 1. The number of carbonyl (C=O) groups is 3. The summed E-state index contributed by atoms with van der Waals surface area (Å²) in [5.41, 5.74) is 0.338. The highest BCUT2D eigenvalue weighted by molar-refractivity contribution is 5.90. The lowest BCUT2D eigenvalue weighted by Gasteiger charge is -2.36. The van der Waals surface area contributed by atoms with Crippen LogP contribution < -0.4 is 0 Å². The van der Waals surface area contributed by atoms with Gasteiger partial charge in [-0.2, -0.15) is 0 Å². The first-order chi connectivity index (χ1) is 12.6. The number of esters is 1. The largest absolute Gasteiger partial charge is 0.480 e. The number of ether oxygens (including phenoxy) is 1. The summed E-state index contributed by atoms with van der Waals surface area (Å²) in [7, 11) is 0. The SMILES string of the molecule is CCOC(=O)C1CC(C)(C(=O)O)N(C(=O)CC(C)C)C1c1ccc(C)cc1. The minimum Gasteiger partial charge on any atom is -0.480 e. The number of hydrogen-bond acceptors (Lipinski definition) is 4. The van der Waals surface area contributed by atoms with E-state index in [1.165, 1.54) is 11.8 Å². The first-order valence-electron chi connectivity index (χ1n) is 9.40. The van der Waals surface area contributed by atoms with Gasteiger partial charge in [0.25, 0.3) is 0 Å². The summed E-state index contributed by atoms with van der Waals surface area (Å²) < 4.78 is 5.21. The van der Waals surface area contributed by atoms with E-state index in [0.29, 0.717) is 0 Å². The lowest BCUT2D eigenvalue weighted by Crippen LogP contribution is -2.51. The molecule has 1 aromatic rings. The lowest BCUT2D eigenvalue weighted by molar-refractivity contribution is -0.157. The molecule has 148 valence electrons. The van der Waals surface area contributed by atoms with E-state index in [0.717, 1.165) is 11.1 Å².